The topological polar surface area (TPSA) is 12.0 Å². The monoisotopic (exact) mass is 131 g/mol. The van der Waals surface area contributed by atoms with Crippen molar-refractivity contribution >= 4 is 10.2 Å². The summed E-state index contributed by atoms with van der Waals surface area (Å²) in [5, 5.41) is 3.78. The van der Waals surface area contributed by atoms with E-state index in [1.54, 1.807) is 0 Å². The van der Waals surface area contributed by atoms with E-state index in [1.165, 1.54) is 10.2 Å². The third-order valence-corrected chi connectivity index (χ3v) is 2.60. The first kappa shape index (κ1) is 8.18. The molecule has 1 N–H and O–H groups in total. The summed E-state index contributed by atoms with van der Waals surface area (Å²) >= 11 is 0. The molecule has 1 unspecified atom stereocenters. The molecule has 0 aromatic rings. The Morgan fingerprint density at radius 1 is 1.50 bits per heavy atom. The second kappa shape index (κ2) is 2.64. The predicted octanol–water partition coefficient (Wildman–Crippen LogP) is 0.158. The fourth-order valence-corrected chi connectivity index (χ4v) is 0.722. The lowest BCUT2D eigenvalue weighted by Crippen LogP contribution is -2.32. The van der Waals surface area contributed by atoms with Crippen molar-refractivity contribution in [1.29, 1.82) is 0 Å². The molecule has 0 amide bonds. The van der Waals surface area contributed by atoms with Gasteiger partial charge in [-0.05, 0) is 19.0 Å². The van der Waals surface area contributed by atoms with Crippen LogP contribution in [0.3, 0.4) is 0 Å². The summed E-state index contributed by atoms with van der Waals surface area (Å²) in [6.07, 6.45) is 0. The van der Waals surface area contributed by atoms with E-state index in [2.05, 4.69) is 26.1 Å². The second-order valence-electron chi connectivity index (χ2n) is 3.38. The van der Waals surface area contributed by atoms with Crippen LogP contribution in [0.1, 0.15) is 20.8 Å². The zero-order valence-corrected chi connectivity index (χ0v) is 8.58. The van der Waals surface area contributed by atoms with Crippen LogP contribution >= 0.6 is 0 Å². The van der Waals surface area contributed by atoms with Gasteiger partial charge in [0, 0.05) is 16.3 Å². The largest absolute Gasteiger partial charge is 0.317 e. The van der Waals surface area contributed by atoms with Crippen LogP contribution in [0.2, 0.25) is 5.04 Å². The lowest BCUT2D eigenvalue weighted by molar-refractivity contribution is 0.479. The fraction of sp³-hybridized carbons (Fsp3) is 1.00. The molecule has 0 aliphatic heterocycles. The van der Waals surface area contributed by atoms with Gasteiger partial charge in [0.15, 0.2) is 0 Å². The van der Waals surface area contributed by atoms with Gasteiger partial charge in [0.25, 0.3) is 0 Å². The molecule has 0 spiro atoms. The fourth-order valence-electron chi connectivity index (χ4n) is 0.433. The minimum atomic E-state index is 0.536. The van der Waals surface area contributed by atoms with Crippen molar-refractivity contribution in [2.75, 3.05) is 7.05 Å². The standard InChI is InChI=1S/C6H17NSi/c1-5(7-4)6(2,3)8/h5,7H,1-4,8H3. The van der Waals surface area contributed by atoms with E-state index in [4.69, 9.17) is 0 Å². The van der Waals surface area contributed by atoms with Crippen molar-refractivity contribution in [3.05, 3.63) is 0 Å². The van der Waals surface area contributed by atoms with Crippen LogP contribution in [0.25, 0.3) is 0 Å². The molecule has 0 bridgehead atoms. The summed E-state index contributed by atoms with van der Waals surface area (Å²) in [4.78, 5) is 0. The highest BCUT2D eigenvalue weighted by Crippen LogP contribution is 2.22. The number of hydrogen-bond acceptors (Lipinski definition) is 1. The molecular weight excluding hydrogens is 114 g/mol. The molecule has 2 heteroatoms. The molecule has 0 aromatic heterocycles. The molecule has 0 aromatic carbocycles. The Morgan fingerprint density at radius 3 is 1.88 bits per heavy atom. The van der Waals surface area contributed by atoms with Gasteiger partial charge >= 0.3 is 0 Å². The molecule has 0 aliphatic carbocycles. The number of rotatable bonds is 2. The van der Waals surface area contributed by atoms with Crippen LogP contribution < -0.4 is 5.32 Å². The van der Waals surface area contributed by atoms with E-state index >= 15 is 0 Å². The zero-order valence-electron chi connectivity index (χ0n) is 6.58. The maximum atomic E-state index is 3.24. The number of nitrogens with one attached hydrogen (secondary N) is 1. The van der Waals surface area contributed by atoms with Gasteiger partial charge in [-0.2, -0.15) is 0 Å². The molecule has 0 heterocycles. The molecule has 0 aliphatic rings. The average molecular weight is 131 g/mol. The first-order valence-corrected chi connectivity index (χ1v) is 4.15. The summed E-state index contributed by atoms with van der Waals surface area (Å²) in [6, 6.07) is 0.661. The highest BCUT2D eigenvalue weighted by Gasteiger charge is 2.16. The Hall–Kier alpha value is 0.177. The summed E-state index contributed by atoms with van der Waals surface area (Å²) in [6.45, 7) is 6.81. The molecule has 50 valence electrons. The van der Waals surface area contributed by atoms with Gasteiger partial charge in [0.05, 0.1) is 0 Å². The Morgan fingerprint density at radius 2 is 1.88 bits per heavy atom. The van der Waals surface area contributed by atoms with Crippen molar-refractivity contribution in [2.24, 2.45) is 0 Å². The molecule has 1 atom stereocenters. The third kappa shape index (κ3) is 2.48. The molecule has 0 fully saturated rings. The second-order valence-corrected chi connectivity index (χ2v) is 5.95. The van der Waals surface area contributed by atoms with Crippen LogP contribution in [-0.4, -0.2) is 23.3 Å². The first-order chi connectivity index (χ1) is 3.48. The summed E-state index contributed by atoms with van der Waals surface area (Å²) in [5.74, 6) is 0. The SMILES string of the molecule is CNC(C)C(C)(C)[SiH3]. The smallest absolute Gasteiger partial charge is 0.0119 e. The Bertz CT molecular complexity index is 65.4. The van der Waals surface area contributed by atoms with Gasteiger partial charge < -0.3 is 5.32 Å². The van der Waals surface area contributed by atoms with Gasteiger partial charge in [-0.15, -0.1) is 0 Å². The van der Waals surface area contributed by atoms with Crippen LogP contribution in [0.15, 0.2) is 0 Å². The summed E-state index contributed by atoms with van der Waals surface area (Å²) in [5.41, 5.74) is 0. The average Bonchev–Trinajstić information content (AvgIpc) is 1.62. The Labute approximate surface area is 55.3 Å². The molecule has 1 nitrogen and oxygen atoms in total. The van der Waals surface area contributed by atoms with Crippen LogP contribution in [-0.2, 0) is 0 Å². The molecular formula is C6H17NSi. The van der Waals surface area contributed by atoms with E-state index in [-0.39, 0.29) is 0 Å². The van der Waals surface area contributed by atoms with Gasteiger partial charge in [-0.1, -0.05) is 13.8 Å². The third-order valence-electron chi connectivity index (χ3n) is 1.73. The minimum absolute atomic E-state index is 0.536. The molecule has 0 radical (unpaired) electrons. The van der Waals surface area contributed by atoms with Gasteiger partial charge in [-0.25, -0.2) is 0 Å². The van der Waals surface area contributed by atoms with E-state index in [9.17, 15) is 0 Å². The van der Waals surface area contributed by atoms with Crippen molar-refractivity contribution in [2.45, 2.75) is 31.9 Å². The Kier molecular flexibility index (Phi) is 2.70. The van der Waals surface area contributed by atoms with E-state index in [1.807, 2.05) is 7.05 Å². The van der Waals surface area contributed by atoms with Gasteiger partial charge in [0.1, 0.15) is 0 Å². The molecule has 0 saturated carbocycles. The van der Waals surface area contributed by atoms with Crippen LogP contribution in [0.5, 0.6) is 0 Å². The minimum Gasteiger partial charge on any atom is -0.317 e. The van der Waals surface area contributed by atoms with E-state index in [0.29, 0.717) is 11.1 Å². The maximum Gasteiger partial charge on any atom is 0.0119 e. The number of hydrogen-bond donors (Lipinski definition) is 1. The highest BCUT2D eigenvalue weighted by atomic mass is 28.1. The van der Waals surface area contributed by atoms with Crippen molar-refractivity contribution in [3.8, 4) is 0 Å². The zero-order chi connectivity index (χ0) is 6.78. The first-order valence-electron chi connectivity index (χ1n) is 3.15. The molecule has 8 heavy (non-hydrogen) atoms. The quantitative estimate of drug-likeness (QED) is 0.526. The van der Waals surface area contributed by atoms with Crippen molar-refractivity contribution < 1.29 is 0 Å². The summed E-state index contributed by atoms with van der Waals surface area (Å²) in [7, 11) is 3.28. The normalized spacial score (nSPS) is 16.5. The molecule has 0 saturated heterocycles. The van der Waals surface area contributed by atoms with Crippen molar-refractivity contribution in [3.63, 3.8) is 0 Å². The van der Waals surface area contributed by atoms with E-state index < -0.39 is 0 Å². The summed E-state index contributed by atoms with van der Waals surface area (Å²) < 4.78 is 0. The lowest BCUT2D eigenvalue weighted by Gasteiger charge is -2.26. The van der Waals surface area contributed by atoms with Gasteiger partial charge in [0.2, 0.25) is 0 Å². The lowest BCUT2D eigenvalue weighted by atomic mass is 10.1. The van der Waals surface area contributed by atoms with E-state index in [0.717, 1.165) is 0 Å². The Balaban J connectivity index is 3.62. The molecule has 0 rings (SSSR count). The van der Waals surface area contributed by atoms with Crippen LogP contribution in [0.4, 0.5) is 0 Å². The highest BCUT2D eigenvalue weighted by molar-refractivity contribution is 6.15. The van der Waals surface area contributed by atoms with Crippen molar-refractivity contribution in [1.82, 2.24) is 5.32 Å². The maximum absolute atomic E-state index is 3.24. The van der Waals surface area contributed by atoms with Crippen LogP contribution in [0, 0.1) is 0 Å². The predicted molar refractivity (Wildman–Crippen MR) is 42.5 cm³/mol. The van der Waals surface area contributed by atoms with Gasteiger partial charge in [-0.3, -0.25) is 0 Å².